The number of para-hydroxylation sites is 1. The van der Waals surface area contributed by atoms with Crippen LogP contribution in [0.4, 0.5) is 5.69 Å². The Bertz CT molecular complexity index is 697. The van der Waals surface area contributed by atoms with E-state index in [1.54, 1.807) is 4.90 Å². The van der Waals surface area contributed by atoms with Crippen LogP contribution >= 0.6 is 11.6 Å². The van der Waals surface area contributed by atoms with Gasteiger partial charge in [0, 0.05) is 17.8 Å². The molecule has 3 rings (SSSR count). The van der Waals surface area contributed by atoms with Gasteiger partial charge in [-0.2, -0.15) is 0 Å². The van der Waals surface area contributed by atoms with E-state index in [0.717, 1.165) is 34.7 Å². The van der Waals surface area contributed by atoms with E-state index in [4.69, 9.17) is 11.6 Å². The van der Waals surface area contributed by atoms with Gasteiger partial charge in [0.25, 0.3) is 0 Å². The second-order valence-electron chi connectivity index (χ2n) is 5.80. The van der Waals surface area contributed by atoms with Crippen molar-refractivity contribution in [3.63, 3.8) is 0 Å². The van der Waals surface area contributed by atoms with Crippen molar-refractivity contribution in [2.75, 3.05) is 11.9 Å². The topological polar surface area (TPSA) is 20.3 Å². The lowest BCUT2D eigenvalue weighted by Crippen LogP contribution is -2.36. The minimum atomic E-state index is -0.468. The summed E-state index contributed by atoms with van der Waals surface area (Å²) in [6.45, 7) is 2.04. The van der Waals surface area contributed by atoms with Gasteiger partial charge in [-0.1, -0.05) is 48.0 Å². The van der Waals surface area contributed by atoms with Crippen molar-refractivity contribution in [1.29, 1.82) is 0 Å². The zero-order chi connectivity index (χ0) is 15.0. The Morgan fingerprint density at radius 3 is 2.52 bits per heavy atom. The Hall–Kier alpha value is -1.80. The van der Waals surface area contributed by atoms with E-state index in [0.29, 0.717) is 0 Å². The molecule has 0 fully saturated rings. The largest absolute Gasteiger partial charge is 0.314 e. The minimum absolute atomic E-state index is 0.163. The summed E-state index contributed by atoms with van der Waals surface area (Å²) in [5, 5.41) is 0.771. The van der Waals surface area contributed by atoms with Crippen LogP contribution in [0.1, 0.15) is 24.5 Å². The molecule has 0 radical (unpaired) electrons. The molecule has 1 amide bonds. The zero-order valence-corrected chi connectivity index (χ0v) is 13.0. The smallest absolute Gasteiger partial charge is 0.237 e. The zero-order valence-electron chi connectivity index (χ0n) is 12.3. The molecule has 0 spiro atoms. The number of benzene rings is 2. The van der Waals surface area contributed by atoms with Gasteiger partial charge in [-0.25, -0.2) is 0 Å². The molecule has 0 unspecified atom stereocenters. The molecule has 1 atom stereocenters. The summed E-state index contributed by atoms with van der Waals surface area (Å²) in [6.07, 6.45) is 1.56. The van der Waals surface area contributed by atoms with Crippen molar-refractivity contribution in [2.45, 2.75) is 25.2 Å². The predicted octanol–water partition coefficient (Wildman–Crippen LogP) is 4.21. The maximum absolute atomic E-state index is 12.7. The molecule has 0 saturated carbocycles. The Morgan fingerprint density at radius 1 is 1.10 bits per heavy atom. The molecular formula is C18H18ClNO. The van der Waals surface area contributed by atoms with Crippen molar-refractivity contribution in [3.8, 4) is 0 Å². The summed E-state index contributed by atoms with van der Waals surface area (Å²) in [5.74, 6) is 0.163. The number of rotatable bonds is 3. The van der Waals surface area contributed by atoms with Gasteiger partial charge in [-0.3, -0.25) is 4.79 Å². The van der Waals surface area contributed by atoms with Crippen molar-refractivity contribution < 1.29 is 4.79 Å². The Kier molecular flexibility index (Phi) is 3.50. The quantitative estimate of drug-likeness (QED) is 0.831. The second kappa shape index (κ2) is 5.19. The average Bonchev–Trinajstić information content (AvgIpc) is 2.70. The first kappa shape index (κ1) is 14.2. The Morgan fingerprint density at radius 2 is 1.76 bits per heavy atom. The van der Waals surface area contributed by atoms with Crippen LogP contribution in [0.5, 0.6) is 0 Å². The number of hydrogen-bond donors (Lipinski definition) is 0. The third-order valence-electron chi connectivity index (χ3n) is 4.49. The first-order valence-electron chi connectivity index (χ1n) is 7.15. The molecule has 2 aromatic carbocycles. The van der Waals surface area contributed by atoms with Crippen LogP contribution in [-0.4, -0.2) is 13.0 Å². The number of amides is 1. The van der Waals surface area contributed by atoms with Crippen LogP contribution < -0.4 is 4.90 Å². The van der Waals surface area contributed by atoms with Crippen LogP contribution in [0.15, 0.2) is 48.5 Å². The van der Waals surface area contributed by atoms with Gasteiger partial charge in [-0.15, -0.1) is 0 Å². The molecule has 3 heteroatoms. The first-order chi connectivity index (χ1) is 10.0. The minimum Gasteiger partial charge on any atom is -0.314 e. The van der Waals surface area contributed by atoms with E-state index < -0.39 is 5.41 Å². The summed E-state index contributed by atoms with van der Waals surface area (Å²) in [6, 6.07) is 15.9. The number of nitrogens with zero attached hydrogens (tertiary/aromatic N) is 1. The Labute approximate surface area is 130 Å². The number of carbonyl (C=O) groups is 1. The molecule has 0 saturated heterocycles. The number of aryl methyl sites for hydroxylation is 1. The lowest BCUT2D eigenvalue weighted by molar-refractivity contribution is -0.122. The Balaban J connectivity index is 1.91. The van der Waals surface area contributed by atoms with Crippen LogP contribution in [0.2, 0.25) is 5.02 Å². The highest BCUT2D eigenvalue weighted by Crippen LogP contribution is 2.43. The molecule has 1 aliphatic rings. The molecule has 21 heavy (non-hydrogen) atoms. The van der Waals surface area contributed by atoms with Crippen molar-refractivity contribution in [3.05, 3.63) is 64.7 Å². The molecule has 0 aromatic heterocycles. The summed E-state index contributed by atoms with van der Waals surface area (Å²) < 4.78 is 0. The predicted molar refractivity (Wildman–Crippen MR) is 87.0 cm³/mol. The molecule has 1 heterocycles. The fraction of sp³-hybridized carbons (Fsp3) is 0.278. The molecule has 1 aliphatic heterocycles. The summed E-state index contributed by atoms with van der Waals surface area (Å²) in [7, 11) is 1.85. The van der Waals surface area contributed by atoms with E-state index in [1.165, 1.54) is 0 Å². The number of hydrogen-bond acceptors (Lipinski definition) is 1. The highest BCUT2D eigenvalue weighted by atomic mass is 35.5. The molecule has 0 N–H and O–H groups in total. The van der Waals surface area contributed by atoms with Gasteiger partial charge in [-0.05, 0) is 43.0 Å². The van der Waals surface area contributed by atoms with Crippen molar-refractivity contribution in [1.82, 2.24) is 0 Å². The maximum Gasteiger partial charge on any atom is 0.237 e. The summed E-state index contributed by atoms with van der Waals surface area (Å²) in [5.41, 5.74) is 2.76. The third-order valence-corrected chi connectivity index (χ3v) is 4.86. The normalized spacial score (nSPS) is 20.7. The number of likely N-dealkylation sites (N-methyl/N-ethyl adjacent to an activating group) is 1. The first-order valence-corrected chi connectivity index (χ1v) is 7.53. The van der Waals surface area contributed by atoms with Crippen molar-refractivity contribution >= 4 is 23.2 Å². The second-order valence-corrected chi connectivity index (χ2v) is 6.21. The van der Waals surface area contributed by atoms with Crippen LogP contribution in [-0.2, 0) is 16.6 Å². The highest BCUT2D eigenvalue weighted by Gasteiger charge is 2.45. The van der Waals surface area contributed by atoms with Gasteiger partial charge in [0.05, 0.1) is 5.41 Å². The standard InChI is InChI=1S/C18H18ClNO/c1-18(12-11-13-7-3-5-9-15(13)19)14-8-4-6-10-16(14)20(2)17(18)21/h3-10H,11-12H2,1-2H3/t18-/m0/s1. The van der Waals surface area contributed by atoms with Crippen LogP contribution in [0.3, 0.4) is 0 Å². The molecule has 0 aliphatic carbocycles. The fourth-order valence-corrected chi connectivity index (χ4v) is 3.39. The van der Waals surface area contributed by atoms with Gasteiger partial charge in [0.2, 0.25) is 5.91 Å². The third kappa shape index (κ3) is 2.24. The van der Waals surface area contributed by atoms with E-state index in [-0.39, 0.29) is 5.91 Å². The number of carbonyl (C=O) groups excluding carboxylic acids is 1. The van der Waals surface area contributed by atoms with E-state index in [1.807, 2.05) is 56.4 Å². The number of fused-ring (bicyclic) bond motifs is 1. The molecule has 0 bridgehead atoms. The maximum atomic E-state index is 12.7. The van der Waals surface area contributed by atoms with Gasteiger partial charge >= 0.3 is 0 Å². The molecule has 108 valence electrons. The summed E-state index contributed by atoms with van der Waals surface area (Å²) in [4.78, 5) is 14.4. The van der Waals surface area contributed by atoms with Gasteiger partial charge in [0.15, 0.2) is 0 Å². The monoisotopic (exact) mass is 299 g/mol. The number of halogens is 1. The van der Waals surface area contributed by atoms with E-state index in [9.17, 15) is 4.79 Å². The summed E-state index contributed by atoms with van der Waals surface area (Å²) >= 11 is 6.23. The van der Waals surface area contributed by atoms with Crippen molar-refractivity contribution in [2.24, 2.45) is 0 Å². The molecule has 2 aromatic rings. The van der Waals surface area contributed by atoms with E-state index >= 15 is 0 Å². The van der Waals surface area contributed by atoms with Gasteiger partial charge < -0.3 is 4.90 Å². The van der Waals surface area contributed by atoms with Crippen LogP contribution in [0.25, 0.3) is 0 Å². The highest BCUT2D eigenvalue weighted by molar-refractivity contribution is 6.31. The fourth-order valence-electron chi connectivity index (χ4n) is 3.15. The molecular weight excluding hydrogens is 282 g/mol. The SMILES string of the molecule is CN1C(=O)[C@@](C)(CCc2ccccc2Cl)c2ccccc21. The number of anilines is 1. The molecule has 2 nitrogen and oxygen atoms in total. The van der Waals surface area contributed by atoms with E-state index in [2.05, 4.69) is 6.07 Å². The van der Waals surface area contributed by atoms with Gasteiger partial charge in [0.1, 0.15) is 0 Å². The van der Waals surface area contributed by atoms with Crippen LogP contribution in [0, 0.1) is 0 Å². The average molecular weight is 300 g/mol. The lowest BCUT2D eigenvalue weighted by atomic mass is 9.79. The lowest BCUT2D eigenvalue weighted by Gasteiger charge is -2.23.